The van der Waals surface area contributed by atoms with Gasteiger partial charge < -0.3 is 15.2 Å². The van der Waals surface area contributed by atoms with Crippen LogP contribution in [0.5, 0.6) is 5.75 Å². The first-order valence-corrected chi connectivity index (χ1v) is 6.50. The fourth-order valence-electron chi connectivity index (χ4n) is 2.84. The predicted molar refractivity (Wildman–Crippen MR) is 65.9 cm³/mol. The molecule has 0 aromatic heterocycles. The molecule has 4 heteroatoms. The number of fused-ring (bicyclic) bond motifs is 1. The Morgan fingerprint density at radius 2 is 2.11 bits per heavy atom. The van der Waals surface area contributed by atoms with Crippen molar-refractivity contribution >= 4 is 0 Å². The largest absolute Gasteiger partial charge is 0.487 e. The topological polar surface area (TPSA) is 44.5 Å². The van der Waals surface area contributed by atoms with Crippen molar-refractivity contribution in [2.24, 2.45) is 5.73 Å². The highest BCUT2D eigenvalue weighted by molar-refractivity contribution is 5.38. The molecule has 4 atom stereocenters. The number of ether oxygens (including phenoxy) is 2. The second-order valence-electron chi connectivity index (χ2n) is 5.24. The molecule has 3 nitrogen and oxygen atoms in total. The zero-order chi connectivity index (χ0) is 12.7. The van der Waals surface area contributed by atoms with Gasteiger partial charge in [-0.2, -0.15) is 0 Å². The minimum Gasteiger partial charge on any atom is -0.487 e. The molecule has 2 heterocycles. The standard InChI is InChI=1S/C14H18FNO2/c1-8-2-5-12(17-8)14-7-11(16)10-4-3-9(15)6-13(10)18-14/h3-4,6,8,11-12,14H,2,5,7,16H2,1H3/t8?,11-,12?,14?/m0/s1. The molecular formula is C14H18FNO2. The van der Waals surface area contributed by atoms with E-state index < -0.39 is 0 Å². The van der Waals surface area contributed by atoms with E-state index in [0.717, 1.165) is 24.8 Å². The minimum atomic E-state index is -0.290. The Morgan fingerprint density at radius 3 is 2.83 bits per heavy atom. The molecule has 0 radical (unpaired) electrons. The van der Waals surface area contributed by atoms with E-state index in [0.29, 0.717) is 5.75 Å². The molecule has 0 saturated carbocycles. The van der Waals surface area contributed by atoms with Crippen molar-refractivity contribution in [2.75, 3.05) is 0 Å². The van der Waals surface area contributed by atoms with Crippen molar-refractivity contribution in [3.05, 3.63) is 29.6 Å². The Kier molecular flexibility index (Phi) is 2.99. The van der Waals surface area contributed by atoms with Crippen LogP contribution >= 0.6 is 0 Å². The first kappa shape index (κ1) is 11.9. The lowest BCUT2D eigenvalue weighted by Gasteiger charge is -2.33. The fourth-order valence-corrected chi connectivity index (χ4v) is 2.84. The number of benzene rings is 1. The van der Waals surface area contributed by atoms with E-state index in [4.69, 9.17) is 15.2 Å². The Morgan fingerprint density at radius 1 is 1.28 bits per heavy atom. The van der Waals surface area contributed by atoms with Crippen molar-refractivity contribution in [2.45, 2.75) is 50.5 Å². The molecule has 2 aliphatic rings. The summed E-state index contributed by atoms with van der Waals surface area (Å²) >= 11 is 0. The van der Waals surface area contributed by atoms with Crippen LogP contribution in [0.3, 0.4) is 0 Å². The molecule has 1 fully saturated rings. The van der Waals surface area contributed by atoms with E-state index in [9.17, 15) is 4.39 Å². The summed E-state index contributed by atoms with van der Waals surface area (Å²) in [5.74, 6) is 0.282. The minimum absolute atomic E-state index is 0.0563. The molecule has 1 saturated heterocycles. The fraction of sp³-hybridized carbons (Fsp3) is 0.571. The average molecular weight is 251 g/mol. The molecule has 18 heavy (non-hydrogen) atoms. The Bertz CT molecular complexity index is 451. The normalized spacial score (nSPS) is 35.1. The summed E-state index contributed by atoms with van der Waals surface area (Å²) in [5.41, 5.74) is 7.02. The van der Waals surface area contributed by atoms with Gasteiger partial charge in [-0.05, 0) is 25.8 Å². The third-order valence-corrected chi connectivity index (χ3v) is 3.82. The second kappa shape index (κ2) is 4.52. The lowest BCUT2D eigenvalue weighted by molar-refractivity contribution is -0.0282. The van der Waals surface area contributed by atoms with Crippen LogP contribution in [0, 0.1) is 5.82 Å². The zero-order valence-electron chi connectivity index (χ0n) is 10.4. The number of hydrogen-bond acceptors (Lipinski definition) is 3. The molecule has 3 rings (SSSR count). The quantitative estimate of drug-likeness (QED) is 0.834. The van der Waals surface area contributed by atoms with Gasteiger partial charge in [-0.15, -0.1) is 0 Å². The maximum Gasteiger partial charge on any atom is 0.127 e. The molecule has 0 bridgehead atoms. The number of nitrogens with two attached hydrogens (primary N) is 1. The monoisotopic (exact) mass is 251 g/mol. The third kappa shape index (κ3) is 2.10. The first-order valence-electron chi connectivity index (χ1n) is 6.50. The summed E-state index contributed by atoms with van der Waals surface area (Å²) in [5, 5.41) is 0. The van der Waals surface area contributed by atoms with Crippen LogP contribution in [0.15, 0.2) is 18.2 Å². The molecule has 0 aliphatic carbocycles. The summed E-state index contributed by atoms with van der Waals surface area (Å²) in [7, 11) is 0. The van der Waals surface area contributed by atoms with Gasteiger partial charge in [0.05, 0.1) is 12.2 Å². The average Bonchev–Trinajstić information content (AvgIpc) is 2.75. The van der Waals surface area contributed by atoms with Gasteiger partial charge in [-0.3, -0.25) is 0 Å². The molecule has 98 valence electrons. The van der Waals surface area contributed by atoms with Crippen LogP contribution in [0.25, 0.3) is 0 Å². The summed E-state index contributed by atoms with van der Waals surface area (Å²) in [4.78, 5) is 0. The highest BCUT2D eigenvalue weighted by Crippen LogP contribution is 2.37. The van der Waals surface area contributed by atoms with Crippen LogP contribution in [0.4, 0.5) is 4.39 Å². The highest BCUT2D eigenvalue weighted by atomic mass is 19.1. The van der Waals surface area contributed by atoms with Crippen LogP contribution in [-0.4, -0.2) is 18.3 Å². The van der Waals surface area contributed by atoms with Crippen molar-refractivity contribution in [3.63, 3.8) is 0 Å². The molecule has 3 unspecified atom stereocenters. The Hall–Kier alpha value is -1.13. The van der Waals surface area contributed by atoms with E-state index in [1.165, 1.54) is 12.1 Å². The van der Waals surface area contributed by atoms with E-state index >= 15 is 0 Å². The van der Waals surface area contributed by atoms with Gasteiger partial charge in [0.2, 0.25) is 0 Å². The van der Waals surface area contributed by atoms with Crippen LogP contribution in [-0.2, 0) is 4.74 Å². The van der Waals surface area contributed by atoms with Gasteiger partial charge in [-0.25, -0.2) is 4.39 Å². The molecule has 1 aromatic rings. The lowest BCUT2D eigenvalue weighted by Crippen LogP contribution is -2.38. The molecule has 2 aliphatic heterocycles. The van der Waals surface area contributed by atoms with Gasteiger partial charge in [0, 0.05) is 24.1 Å². The first-order chi connectivity index (χ1) is 8.63. The predicted octanol–water partition coefficient (Wildman–Crippen LogP) is 2.54. The SMILES string of the molecule is CC1CCC(C2C[C@H](N)c3ccc(F)cc3O2)O1. The second-order valence-corrected chi connectivity index (χ2v) is 5.24. The van der Waals surface area contributed by atoms with Crippen molar-refractivity contribution in [1.29, 1.82) is 0 Å². The van der Waals surface area contributed by atoms with Gasteiger partial charge in [0.15, 0.2) is 0 Å². The smallest absolute Gasteiger partial charge is 0.127 e. The number of halogens is 1. The summed E-state index contributed by atoms with van der Waals surface area (Å²) in [6.07, 6.45) is 3.08. The van der Waals surface area contributed by atoms with Crippen LogP contribution < -0.4 is 10.5 Å². The molecular weight excluding hydrogens is 233 g/mol. The number of hydrogen-bond donors (Lipinski definition) is 1. The summed E-state index contributed by atoms with van der Waals surface area (Å²) in [6.45, 7) is 2.07. The van der Waals surface area contributed by atoms with Crippen LogP contribution in [0.2, 0.25) is 0 Å². The molecule has 0 spiro atoms. The van der Waals surface area contributed by atoms with Crippen molar-refractivity contribution < 1.29 is 13.9 Å². The zero-order valence-corrected chi connectivity index (χ0v) is 10.4. The third-order valence-electron chi connectivity index (χ3n) is 3.82. The molecule has 1 aromatic carbocycles. The van der Waals surface area contributed by atoms with Gasteiger partial charge >= 0.3 is 0 Å². The molecule has 2 N–H and O–H groups in total. The van der Waals surface area contributed by atoms with E-state index in [-0.39, 0.29) is 30.2 Å². The van der Waals surface area contributed by atoms with Crippen molar-refractivity contribution in [1.82, 2.24) is 0 Å². The van der Waals surface area contributed by atoms with Crippen molar-refractivity contribution in [3.8, 4) is 5.75 Å². The van der Waals surface area contributed by atoms with E-state index in [1.807, 2.05) is 0 Å². The number of rotatable bonds is 1. The Labute approximate surface area is 106 Å². The highest BCUT2D eigenvalue weighted by Gasteiger charge is 2.36. The van der Waals surface area contributed by atoms with Gasteiger partial charge in [0.25, 0.3) is 0 Å². The lowest BCUT2D eigenvalue weighted by atomic mass is 9.94. The Balaban J connectivity index is 1.82. The summed E-state index contributed by atoms with van der Waals surface area (Å²) < 4.78 is 24.9. The van der Waals surface area contributed by atoms with E-state index in [2.05, 4.69) is 6.92 Å². The maximum atomic E-state index is 13.2. The summed E-state index contributed by atoms with van der Waals surface area (Å²) in [6, 6.07) is 4.46. The molecule has 0 amide bonds. The maximum absolute atomic E-state index is 13.2. The van der Waals surface area contributed by atoms with Crippen LogP contribution in [0.1, 0.15) is 37.8 Å². The van der Waals surface area contributed by atoms with Gasteiger partial charge in [-0.1, -0.05) is 6.07 Å². The van der Waals surface area contributed by atoms with E-state index in [1.54, 1.807) is 6.07 Å². The van der Waals surface area contributed by atoms with Gasteiger partial charge in [0.1, 0.15) is 17.7 Å².